The van der Waals surface area contributed by atoms with Gasteiger partial charge in [-0.05, 0) is 66.2 Å². The lowest BCUT2D eigenvalue weighted by Gasteiger charge is -2.29. The van der Waals surface area contributed by atoms with E-state index in [0.717, 1.165) is 5.01 Å². The number of amides is 2. The lowest BCUT2D eigenvalue weighted by Crippen LogP contribution is -2.49. The number of hydrogen-bond donors (Lipinski definition) is 1. The third-order valence-corrected chi connectivity index (χ3v) is 3.02. The molecule has 156 valence electrons. The molecular formula is C20H30N2O6. The Morgan fingerprint density at radius 3 is 2.14 bits per heavy atom. The van der Waals surface area contributed by atoms with Crippen molar-refractivity contribution in [1.29, 1.82) is 0 Å². The molecule has 28 heavy (non-hydrogen) atoms. The van der Waals surface area contributed by atoms with Gasteiger partial charge in [-0.1, -0.05) is 12.1 Å². The molecule has 0 atom stereocenters. The summed E-state index contributed by atoms with van der Waals surface area (Å²) in [4.78, 5) is 36.6. The van der Waals surface area contributed by atoms with Gasteiger partial charge in [0.1, 0.15) is 11.2 Å². The number of hydrazine groups is 1. The molecule has 1 aromatic carbocycles. The van der Waals surface area contributed by atoms with Crippen LogP contribution in [-0.2, 0) is 20.8 Å². The molecule has 0 fully saturated rings. The van der Waals surface area contributed by atoms with Gasteiger partial charge in [-0.2, -0.15) is 0 Å². The van der Waals surface area contributed by atoms with E-state index < -0.39 is 29.4 Å². The highest BCUT2D eigenvalue weighted by Gasteiger charge is 2.26. The summed E-state index contributed by atoms with van der Waals surface area (Å²) in [7, 11) is 0. The number of nitrogens with one attached hydrogen (secondary N) is 1. The van der Waals surface area contributed by atoms with Crippen molar-refractivity contribution in [2.75, 3.05) is 6.61 Å². The number of nitrogens with zero attached hydrogens (tertiary/aromatic N) is 1. The van der Waals surface area contributed by atoms with Crippen molar-refractivity contribution in [3.05, 3.63) is 35.4 Å². The molecule has 0 bridgehead atoms. The predicted octanol–water partition coefficient (Wildman–Crippen LogP) is 4.04. The first kappa shape index (κ1) is 23.3. The zero-order valence-electron chi connectivity index (χ0n) is 17.6. The van der Waals surface area contributed by atoms with Crippen LogP contribution in [0.25, 0.3) is 0 Å². The van der Waals surface area contributed by atoms with E-state index in [1.807, 2.05) is 0 Å². The second-order valence-electron chi connectivity index (χ2n) is 8.10. The van der Waals surface area contributed by atoms with Crippen LogP contribution in [0.5, 0.6) is 0 Å². The first-order chi connectivity index (χ1) is 12.8. The summed E-state index contributed by atoms with van der Waals surface area (Å²) in [5.74, 6) is -0.465. The summed E-state index contributed by atoms with van der Waals surface area (Å²) in [5, 5.41) is 1.00. The van der Waals surface area contributed by atoms with Crippen LogP contribution in [0.15, 0.2) is 24.3 Å². The van der Waals surface area contributed by atoms with Crippen LogP contribution >= 0.6 is 0 Å². The van der Waals surface area contributed by atoms with Crippen molar-refractivity contribution in [3.63, 3.8) is 0 Å². The molecule has 0 radical (unpaired) electrons. The van der Waals surface area contributed by atoms with Gasteiger partial charge in [0.2, 0.25) is 0 Å². The Balaban J connectivity index is 3.02. The topological polar surface area (TPSA) is 94.2 Å². The zero-order valence-corrected chi connectivity index (χ0v) is 17.6. The van der Waals surface area contributed by atoms with E-state index in [1.165, 1.54) is 0 Å². The third kappa shape index (κ3) is 8.75. The van der Waals surface area contributed by atoms with E-state index in [0.29, 0.717) is 11.1 Å². The summed E-state index contributed by atoms with van der Waals surface area (Å²) in [5.41, 5.74) is 1.87. The fraction of sp³-hybridized carbons (Fsp3) is 0.550. The Morgan fingerprint density at radius 2 is 1.61 bits per heavy atom. The molecule has 0 aliphatic carbocycles. The van der Waals surface area contributed by atoms with E-state index in [2.05, 4.69) is 5.43 Å². The molecule has 0 aliphatic heterocycles. The average molecular weight is 394 g/mol. The minimum absolute atomic E-state index is 0.0264. The molecule has 0 aromatic heterocycles. The molecule has 1 N–H and O–H groups in total. The molecule has 0 aliphatic rings. The Morgan fingerprint density at radius 1 is 1.00 bits per heavy atom. The molecule has 8 nitrogen and oxygen atoms in total. The second-order valence-corrected chi connectivity index (χ2v) is 8.10. The molecule has 1 rings (SSSR count). The molecular weight excluding hydrogens is 364 g/mol. The zero-order chi connectivity index (χ0) is 21.5. The first-order valence-electron chi connectivity index (χ1n) is 9.07. The molecule has 0 spiro atoms. The van der Waals surface area contributed by atoms with Gasteiger partial charge in [-0.3, -0.25) is 0 Å². The monoisotopic (exact) mass is 394 g/mol. The normalized spacial score (nSPS) is 11.4. The first-order valence-corrected chi connectivity index (χ1v) is 9.07. The van der Waals surface area contributed by atoms with Gasteiger partial charge in [0.05, 0.1) is 18.7 Å². The standard InChI is InChI=1S/C20H30N2O6/c1-8-26-16(23)15-11-9-10-14(12-15)13-22(18(25)28-20(5,6)7)21-17(24)27-19(2,3)4/h9-12H,8,13H2,1-7H3,(H,21,24). The maximum Gasteiger partial charge on any atom is 0.429 e. The molecule has 0 unspecified atom stereocenters. The maximum absolute atomic E-state index is 12.5. The molecule has 8 heteroatoms. The number of rotatable bonds is 4. The quantitative estimate of drug-likeness (QED) is 0.470. The van der Waals surface area contributed by atoms with Crippen molar-refractivity contribution in [2.24, 2.45) is 0 Å². The fourth-order valence-electron chi connectivity index (χ4n) is 2.07. The number of hydrogen-bond acceptors (Lipinski definition) is 6. The van der Waals surface area contributed by atoms with Gasteiger partial charge in [0.25, 0.3) is 0 Å². The molecule has 1 aromatic rings. The predicted molar refractivity (Wildman–Crippen MR) is 104 cm³/mol. The van der Waals surface area contributed by atoms with E-state index >= 15 is 0 Å². The molecule has 0 saturated heterocycles. The highest BCUT2D eigenvalue weighted by atomic mass is 16.6. The number of esters is 1. The van der Waals surface area contributed by atoms with Gasteiger partial charge in [-0.15, -0.1) is 0 Å². The number of carbonyl (C=O) groups excluding carboxylic acids is 3. The van der Waals surface area contributed by atoms with Gasteiger partial charge in [0, 0.05) is 0 Å². The molecule has 2 amide bonds. The van der Waals surface area contributed by atoms with E-state index in [9.17, 15) is 14.4 Å². The summed E-state index contributed by atoms with van der Waals surface area (Å²) in [6, 6.07) is 6.59. The Kier molecular flexibility index (Phi) is 7.84. The average Bonchev–Trinajstić information content (AvgIpc) is 2.51. The van der Waals surface area contributed by atoms with Crippen LogP contribution in [0, 0.1) is 0 Å². The Hall–Kier alpha value is -2.77. The van der Waals surface area contributed by atoms with Crippen molar-refractivity contribution < 1.29 is 28.6 Å². The minimum Gasteiger partial charge on any atom is -0.462 e. The van der Waals surface area contributed by atoms with Gasteiger partial charge in [0.15, 0.2) is 0 Å². The number of ether oxygens (including phenoxy) is 3. The van der Waals surface area contributed by atoms with Crippen LogP contribution in [-0.4, -0.2) is 41.0 Å². The molecule has 0 heterocycles. The number of benzene rings is 1. The van der Waals surface area contributed by atoms with Crippen LogP contribution in [0.1, 0.15) is 64.4 Å². The Labute approximate surface area is 166 Å². The fourth-order valence-corrected chi connectivity index (χ4v) is 2.07. The summed E-state index contributed by atoms with van der Waals surface area (Å²) >= 11 is 0. The van der Waals surface area contributed by atoms with Gasteiger partial charge >= 0.3 is 18.2 Å². The van der Waals surface area contributed by atoms with Gasteiger partial charge < -0.3 is 14.2 Å². The van der Waals surface area contributed by atoms with E-state index in [-0.39, 0.29) is 13.2 Å². The van der Waals surface area contributed by atoms with E-state index in [4.69, 9.17) is 14.2 Å². The van der Waals surface area contributed by atoms with E-state index in [1.54, 1.807) is 72.7 Å². The largest absolute Gasteiger partial charge is 0.462 e. The van der Waals surface area contributed by atoms with Crippen molar-refractivity contribution in [2.45, 2.75) is 66.2 Å². The lowest BCUT2D eigenvalue weighted by atomic mass is 10.1. The number of carbonyl (C=O) groups is 3. The smallest absolute Gasteiger partial charge is 0.429 e. The van der Waals surface area contributed by atoms with Crippen LogP contribution in [0.3, 0.4) is 0 Å². The summed E-state index contributed by atoms with van der Waals surface area (Å²) < 4.78 is 15.5. The molecule has 0 saturated carbocycles. The highest BCUT2D eigenvalue weighted by molar-refractivity contribution is 5.89. The third-order valence-electron chi connectivity index (χ3n) is 3.02. The van der Waals surface area contributed by atoms with Crippen LogP contribution in [0.4, 0.5) is 9.59 Å². The van der Waals surface area contributed by atoms with Crippen LogP contribution in [0.2, 0.25) is 0 Å². The summed E-state index contributed by atoms with van der Waals surface area (Å²) in [6.07, 6.45) is -1.54. The van der Waals surface area contributed by atoms with Gasteiger partial charge in [-0.25, -0.2) is 24.8 Å². The highest BCUT2D eigenvalue weighted by Crippen LogP contribution is 2.14. The summed E-state index contributed by atoms with van der Waals surface area (Å²) in [6.45, 7) is 12.3. The van der Waals surface area contributed by atoms with Crippen molar-refractivity contribution >= 4 is 18.2 Å². The van der Waals surface area contributed by atoms with Crippen molar-refractivity contribution in [3.8, 4) is 0 Å². The van der Waals surface area contributed by atoms with Crippen LogP contribution < -0.4 is 5.43 Å². The SMILES string of the molecule is CCOC(=O)c1cccc(CN(NC(=O)OC(C)(C)C)C(=O)OC(C)(C)C)c1. The maximum atomic E-state index is 12.5. The van der Waals surface area contributed by atoms with Crippen molar-refractivity contribution in [1.82, 2.24) is 10.4 Å². The minimum atomic E-state index is -0.792. The lowest BCUT2D eigenvalue weighted by molar-refractivity contribution is -0.000660. The Bertz CT molecular complexity index is 703. The second kappa shape index (κ2) is 9.43.